The van der Waals surface area contributed by atoms with Gasteiger partial charge in [-0.15, -0.1) is 10.2 Å². The Hall–Kier alpha value is -2.53. The summed E-state index contributed by atoms with van der Waals surface area (Å²) in [4.78, 5) is 17.0. The molecule has 0 unspecified atom stereocenters. The fourth-order valence-corrected chi connectivity index (χ4v) is 4.77. The number of benzene rings is 2. The number of carbonyl (C=O) groups is 1. The third-order valence-electron chi connectivity index (χ3n) is 4.28. The van der Waals surface area contributed by atoms with Gasteiger partial charge in [-0.3, -0.25) is 4.79 Å². The molecule has 7 nitrogen and oxygen atoms in total. The number of rotatable bonds is 8. The molecule has 2 aromatic carbocycles. The lowest BCUT2D eigenvalue weighted by molar-refractivity contribution is 0.102. The van der Waals surface area contributed by atoms with Crippen LogP contribution in [0.3, 0.4) is 0 Å². The number of imidazole rings is 1. The summed E-state index contributed by atoms with van der Waals surface area (Å²) in [6.07, 6.45) is 0. The number of anilines is 1. The highest BCUT2D eigenvalue weighted by Crippen LogP contribution is 2.29. The quantitative estimate of drug-likeness (QED) is 0.364. The molecule has 4 rings (SSSR count). The molecule has 0 saturated heterocycles. The SMILES string of the molecule is COCCn1c(SCc2nnc(C(=O)Nc3ccc(F)cc3)s2)nc2cc(Cl)ccc21. The molecule has 0 saturated carbocycles. The number of methoxy groups -OCH3 is 1. The molecule has 31 heavy (non-hydrogen) atoms. The van der Waals surface area contributed by atoms with Gasteiger partial charge >= 0.3 is 0 Å². The molecule has 1 amide bonds. The van der Waals surface area contributed by atoms with E-state index in [4.69, 9.17) is 16.3 Å². The molecule has 1 N–H and O–H groups in total. The van der Waals surface area contributed by atoms with Crippen molar-refractivity contribution < 1.29 is 13.9 Å². The zero-order valence-electron chi connectivity index (χ0n) is 16.3. The summed E-state index contributed by atoms with van der Waals surface area (Å²) in [6, 6.07) is 11.1. The van der Waals surface area contributed by atoms with Gasteiger partial charge in [-0.25, -0.2) is 9.37 Å². The summed E-state index contributed by atoms with van der Waals surface area (Å²) >= 11 is 8.81. The molecular weight excluding hydrogens is 461 g/mol. The van der Waals surface area contributed by atoms with Crippen LogP contribution in [-0.4, -0.2) is 39.4 Å². The first-order valence-electron chi connectivity index (χ1n) is 9.20. The number of carbonyl (C=O) groups excluding carboxylic acids is 1. The molecule has 0 aliphatic rings. The summed E-state index contributed by atoms with van der Waals surface area (Å²) in [5, 5.41) is 13.1. The Labute approximate surface area is 190 Å². The van der Waals surface area contributed by atoms with Gasteiger partial charge in [-0.2, -0.15) is 0 Å². The summed E-state index contributed by atoms with van der Waals surface area (Å²) in [7, 11) is 1.66. The Kier molecular flexibility index (Phi) is 6.81. The molecule has 2 aromatic heterocycles. The second kappa shape index (κ2) is 9.73. The average molecular weight is 478 g/mol. The minimum atomic E-state index is -0.387. The highest BCUT2D eigenvalue weighted by Gasteiger charge is 2.16. The third kappa shape index (κ3) is 5.21. The summed E-state index contributed by atoms with van der Waals surface area (Å²) < 4.78 is 20.3. The van der Waals surface area contributed by atoms with E-state index < -0.39 is 0 Å². The molecule has 0 aliphatic heterocycles. The molecule has 0 atom stereocenters. The van der Waals surface area contributed by atoms with E-state index in [1.165, 1.54) is 47.4 Å². The van der Waals surface area contributed by atoms with E-state index in [9.17, 15) is 9.18 Å². The second-order valence-electron chi connectivity index (χ2n) is 6.42. The maximum absolute atomic E-state index is 13.0. The number of amides is 1. The number of hydrogen-bond acceptors (Lipinski definition) is 7. The van der Waals surface area contributed by atoms with E-state index in [1.807, 2.05) is 18.2 Å². The minimum absolute atomic E-state index is 0.236. The zero-order chi connectivity index (χ0) is 21.8. The molecule has 0 spiro atoms. The van der Waals surface area contributed by atoms with E-state index in [0.29, 0.717) is 34.6 Å². The van der Waals surface area contributed by atoms with Crippen molar-refractivity contribution in [2.75, 3.05) is 19.0 Å². The molecule has 0 aliphatic carbocycles. The lowest BCUT2D eigenvalue weighted by Crippen LogP contribution is -2.11. The van der Waals surface area contributed by atoms with E-state index in [0.717, 1.165) is 16.2 Å². The minimum Gasteiger partial charge on any atom is -0.383 e. The monoisotopic (exact) mass is 477 g/mol. The molecule has 160 valence electrons. The van der Waals surface area contributed by atoms with Gasteiger partial charge in [-0.05, 0) is 42.5 Å². The van der Waals surface area contributed by atoms with Gasteiger partial charge in [0, 0.05) is 24.4 Å². The van der Waals surface area contributed by atoms with Crippen molar-refractivity contribution in [3.63, 3.8) is 0 Å². The number of fused-ring (bicyclic) bond motifs is 1. The fourth-order valence-electron chi connectivity index (χ4n) is 2.84. The number of aromatic nitrogens is 4. The Balaban J connectivity index is 1.46. The van der Waals surface area contributed by atoms with Crippen molar-refractivity contribution >= 4 is 57.3 Å². The Morgan fingerprint density at radius 3 is 2.84 bits per heavy atom. The second-order valence-corrected chi connectivity index (χ2v) is 8.86. The van der Waals surface area contributed by atoms with Crippen LogP contribution >= 0.6 is 34.7 Å². The van der Waals surface area contributed by atoms with Gasteiger partial charge in [-0.1, -0.05) is 34.7 Å². The Bertz CT molecular complexity index is 1210. The summed E-state index contributed by atoms with van der Waals surface area (Å²) in [5.41, 5.74) is 2.27. The predicted octanol–water partition coefficient (Wildman–Crippen LogP) is 4.87. The number of nitrogens with one attached hydrogen (secondary N) is 1. The topological polar surface area (TPSA) is 81.9 Å². The van der Waals surface area contributed by atoms with Gasteiger partial charge in [0.15, 0.2) is 5.16 Å². The van der Waals surface area contributed by atoms with Crippen LogP contribution < -0.4 is 5.32 Å². The lowest BCUT2D eigenvalue weighted by Gasteiger charge is -2.07. The van der Waals surface area contributed by atoms with Crippen molar-refractivity contribution in [1.29, 1.82) is 0 Å². The molecular formula is C20H17ClFN5O2S2. The van der Waals surface area contributed by atoms with E-state index in [-0.39, 0.29) is 16.7 Å². The molecule has 2 heterocycles. The van der Waals surface area contributed by atoms with E-state index >= 15 is 0 Å². The van der Waals surface area contributed by atoms with Crippen LogP contribution in [0.15, 0.2) is 47.6 Å². The van der Waals surface area contributed by atoms with Crippen molar-refractivity contribution in [2.24, 2.45) is 0 Å². The van der Waals surface area contributed by atoms with Crippen LogP contribution in [0, 0.1) is 5.82 Å². The molecule has 4 aromatic rings. The maximum Gasteiger partial charge on any atom is 0.286 e. The first-order valence-corrected chi connectivity index (χ1v) is 11.4. The summed E-state index contributed by atoms with van der Waals surface area (Å²) in [6.45, 7) is 1.20. The normalized spacial score (nSPS) is 11.2. The zero-order valence-corrected chi connectivity index (χ0v) is 18.7. The fraction of sp³-hybridized carbons (Fsp3) is 0.200. The van der Waals surface area contributed by atoms with Crippen molar-refractivity contribution in [3.8, 4) is 0 Å². The third-order valence-corrected chi connectivity index (χ3v) is 6.61. The van der Waals surface area contributed by atoms with Crippen LogP contribution in [0.25, 0.3) is 11.0 Å². The van der Waals surface area contributed by atoms with E-state index in [2.05, 4.69) is 25.1 Å². The first-order chi connectivity index (χ1) is 15.0. The molecule has 0 bridgehead atoms. The number of nitrogens with zero attached hydrogens (tertiary/aromatic N) is 4. The first kappa shape index (κ1) is 21.7. The molecule has 0 radical (unpaired) electrons. The van der Waals surface area contributed by atoms with Crippen LogP contribution in [0.1, 0.15) is 14.8 Å². The van der Waals surface area contributed by atoms with Crippen molar-refractivity contribution in [2.45, 2.75) is 17.5 Å². The summed E-state index contributed by atoms with van der Waals surface area (Å²) in [5.74, 6) is -0.250. The Morgan fingerprint density at radius 2 is 2.06 bits per heavy atom. The number of hydrogen-bond donors (Lipinski definition) is 1. The van der Waals surface area contributed by atoms with Crippen molar-refractivity contribution in [1.82, 2.24) is 19.7 Å². The number of ether oxygens (including phenoxy) is 1. The molecule has 11 heteroatoms. The van der Waals surface area contributed by atoms with Gasteiger partial charge in [0.1, 0.15) is 10.8 Å². The van der Waals surface area contributed by atoms with Crippen molar-refractivity contribution in [3.05, 3.63) is 63.3 Å². The average Bonchev–Trinajstić information content (AvgIpc) is 3.36. The van der Waals surface area contributed by atoms with Gasteiger partial charge < -0.3 is 14.6 Å². The number of halogens is 2. The largest absolute Gasteiger partial charge is 0.383 e. The highest BCUT2D eigenvalue weighted by molar-refractivity contribution is 7.98. The van der Waals surface area contributed by atoms with Gasteiger partial charge in [0.2, 0.25) is 5.01 Å². The smallest absolute Gasteiger partial charge is 0.286 e. The lowest BCUT2D eigenvalue weighted by atomic mass is 10.3. The van der Waals surface area contributed by atoms with Crippen LogP contribution in [0.2, 0.25) is 5.02 Å². The van der Waals surface area contributed by atoms with Crippen LogP contribution in [-0.2, 0) is 17.0 Å². The van der Waals surface area contributed by atoms with E-state index in [1.54, 1.807) is 7.11 Å². The van der Waals surface area contributed by atoms with Gasteiger partial charge in [0.25, 0.3) is 5.91 Å². The van der Waals surface area contributed by atoms with Gasteiger partial charge in [0.05, 0.1) is 23.4 Å². The van der Waals surface area contributed by atoms with Crippen LogP contribution in [0.5, 0.6) is 0 Å². The number of thioether (sulfide) groups is 1. The molecule has 0 fully saturated rings. The Morgan fingerprint density at radius 1 is 1.26 bits per heavy atom. The maximum atomic E-state index is 13.0. The highest BCUT2D eigenvalue weighted by atomic mass is 35.5. The predicted molar refractivity (Wildman–Crippen MR) is 120 cm³/mol. The van der Waals surface area contributed by atoms with Crippen LogP contribution in [0.4, 0.5) is 10.1 Å². The standard InChI is InChI=1S/C20H17ClFN5O2S2/c1-29-9-8-27-16-7-2-12(21)10-15(16)24-20(27)30-11-17-25-26-19(31-17)18(28)23-14-5-3-13(22)4-6-14/h2-7,10H,8-9,11H2,1H3,(H,23,28).